The summed E-state index contributed by atoms with van der Waals surface area (Å²) in [5, 5.41) is 1.66. The van der Waals surface area contributed by atoms with E-state index in [1.54, 1.807) is 35.6 Å². The molecule has 0 unspecified atom stereocenters. The number of likely N-dealkylation sites (tertiary alicyclic amines) is 1. The van der Waals surface area contributed by atoms with Crippen LogP contribution in [0.4, 0.5) is 0 Å². The Morgan fingerprint density at radius 1 is 1.24 bits per heavy atom. The van der Waals surface area contributed by atoms with Gasteiger partial charge >= 0.3 is 0 Å². The van der Waals surface area contributed by atoms with Crippen LogP contribution >= 0.6 is 22.9 Å². The summed E-state index contributed by atoms with van der Waals surface area (Å²) in [5.74, 6) is 0.644. The average Bonchev–Trinajstić information content (AvgIpc) is 3.27. The summed E-state index contributed by atoms with van der Waals surface area (Å²) in [7, 11) is 0. The quantitative estimate of drug-likeness (QED) is 0.667. The van der Waals surface area contributed by atoms with E-state index in [2.05, 4.69) is 6.07 Å². The second-order valence-electron chi connectivity index (χ2n) is 6.01. The van der Waals surface area contributed by atoms with Crippen LogP contribution in [0, 0.1) is 0 Å². The Morgan fingerprint density at radius 2 is 2.04 bits per heavy atom. The molecule has 1 aliphatic rings. The molecule has 4 rings (SSSR count). The van der Waals surface area contributed by atoms with Gasteiger partial charge in [0.2, 0.25) is 0 Å². The summed E-state index contributed by atoms with van der Waals surface area (Å²) in [6, 6.07) is 15.2. The second-order valence-corrected chi connectivity index (χ2v) is 7.51. The summed E-state index contributed by atoms with van der Waals surface area (Å²) in [4.78, 5) is 19.3. The monoisotopic (exact) mass is 372 g/mol. The van der Waals surface area contributed by atoms with Gasteiger partial charge in [0.15, 0.2) is 6.61 Å². The number of thiazole rings is 1. The van der Waals surface area contributed by atoms with Crippen LogP contribution in [0.15, 0.2) is 48.5 Å². The molecule has 1 aromatic heterocycles. The Kier molecular flexibility index (Phi) is 4.59. The molecule has 2 heterocycles. The first kappa shape index (κ1) is 16.4. The van der Waals surface area contributed by atoms with E-state index in [-0.39, 0.29) is 18.6 Å². The van der Waals surface area contributed by atoms with Gasteiger partial charge in [0.25, 0.3) is 5.91 Å². The zero-order valence-corrected chi connectivity index (χ0v) is 15.1. The number of nitrogens with zero attached hydrogens (tertiary/aromatic N) is 2. The van der Waals surface area contributed by atoms with Crippen molar-refractivity contribution in [3.05, 3.63) is 58.6 Å². The Hall–Kier alpha value is -2.11. The molecule has 0 bridgehead atoms. The number of ether oxygens (including phenoxy) is 1. The Morgan fingerprint density at radius 3 is 2.84 bits per heavy atom. The van der Waals surface area contributed by atoms with Crippen molar-refractivity contribution in [2.24, 2.45) is 0 Å². The van der Waals surface area contributed by atoms with Crippen molar-refractivity contribution < 1.29 is 9.53 Å². The summed E-state index contributed by atoms with van der Waals surface area (Å²) in [5.41, 5.74) is 0.999. The standard InChI is InChI=1S/C19H17ClN2O2S/c20-13-7-9-14(10-8-13)24-12-18(23)22-11-3-5-16(22)19-21-15-4-1-2-6-17(15)25-19/h1-2,4,6-10,16H,3,5,11-12H2/t16-/m1/s1. The number of rotatable bonds is 4. The highest BCUT2D eigenvalue weighted by atomic mass is 35.5. The molecule has 25 heavy (non-hydrogen) atoms. The van der Waals surface area contributed by atoms with E-state index in [1.165, 1.54) is 0 Å². The number of para-hydroxylation sites is 1. The maximum atomic E-state index is 12.6. The van der Waals surface area contributed by atoms with Crippen molar-refractivity contribution in [3.63, 3.8) is 0 Å². The molecule has 0 saturated carbocycles. The molecule has 0 radical (unpaired) electrons. The third-order valence-electron chi connectivity index (χ3n) is 4.34. The van der Waals surface area contributed by atoms with E-state index in [9.17, 15) is 4.79 Å². The third-order valence-corrected chi connectivity index (χ3v) is 5.73. The van der Waals surface area contributed by atoms with E-state index < -0.39 is 0 Å². The van der Waals surface area contributed by atoms with Crippen LogP contribution < -0.4 is 4.74 Å². The highest BCUT2D eigenvalue weighted by Gasteiger charge is 2.32. The zero-order valence-electron chi connectivity index (χ0n) is 13.5. The van der Waals surface area contributed by atoms with Gasteiger partial charge in [-0.1, -0.05) is 23.7 Å². The van der Waals surface area contributed by atoms with Crippen molar-refractivity contribution >= 4 is 39.1 Å². The number of carbonyl (C=O) groups excluding carboxylic acids is 1. The van der Waals surface area contributed by atoms with Gasteiger partial charge in [-0.2, -0.15) is 0 Å². The first-order valence-corrected chi connectivity index (χ1v) is 9.43. The number of hydrogen-bond acceptors (Lipinski definition) is 4. The lowest BCUT2D eigenvalue weighted by molar-refractivity contribution is -0.134. The van der Waals surface area contributed by atoms with Gasteiger partial charge in [-0.15, -0.1) is 11.3 Å². The fourth-order valence-electron chi connectivity index (χ4n) is 3.11. The first-order valence-electron chi connectivity index (χ1n) is 8.24. The largest absolute Gasteiger partial charge is 0.484 e. The Balaban J connectivity index is 1.46. The Bertz CT molecular complexity index is 861. The van der Waals surface area contributed by atoms with Crippen molar-refractivity contribution in [2.45, 2.75) is 18.9 Å². The summed E-state index contributed by atoms with van der Waals surface area (Å²) >= 11 is 7.53. The highest BCUT2D eigenvalue weighted by molar-refractivity contribution is 7.18. The maximum Gasteiger partial charge on any atom is 0.261 e. The first-order chi connectivity index (χ1) is 12.2. The predicted octanol–water partition coefficient (Wildman–Crippen LogP) is 4.69. The van der Waals surface area contributed by atoms with Crippen molar-refractivity contribution in [2.75, 3.05) is 13.2 Å². The summed E-state index contributed by atoms with van der Waals surface area (Å²) in [6.45, 7) is 0.784. The normalized spacial score (nSPS) is 17.2. The number of hydrogen-bond donors (Lipinski definition) is 0. The molecule has 1 saturated heterocycles. The number of fused-ring (bicyclic) bond motifs is 1. The molecule has 1 amide bonds. The molecule has 2 aromatic carbocycles. The molecule has 3 aromatic rings. The highest BCUT2D eigenvalue weighted by Crippen LogP contribution is 2.36. The lowest BCUT2D eigenvalue weighted by Crippen LogP contribution is -2.34. The van der Waals surface area contributed by atoms with Crippen LogP contribution in [0.5, 0.6) is 5.75 Å². The molecule has 0 N–H and O–H groups in total. The topological polar surface area (TPSA) is 42.4 Å². The predicted molar refractivity (Wildman–Crippen MR) is 100 cm³/mol. The van der Waals surface area contributed by atoms with Crippen molar-refractivity contribution in [3.8, 4) is 5.75 Å². The molecule has 1 aliphatic heterocycles. The smallest absolute Gasteiger partial charge is 0.261 e. The molecule has 128 valence electrons. The van der Waals surface area contributed by atoms with Crippen LogP contribution in [0.25, 0.3) is 10.2 Å². The molecule has 1 atom stereocenters. The molecular weight excluding hydrogens is 356 g/mol. The van der Waals surface area contributed by atoms with E-state index in [1.807, 2.05) is 23.1 Å². The van der Waals surface area contributed by atoms with Crippen LogP contribution in [0.2, 0.25) is 5.02 Å². The maximum absolute atomic E-state index is 12.6. The van der Waals surface area contributed by atoms with E-state index >= 15 is 0 Å². The van der Waals surface area contributed by atoms with Gasteiger partial charge in [0, 0.05) is 11.6 Å². The third kappa shape index (κ3) is 3.48. The van der Waals surface area contributed by atoms with Crippen molar-refractivity contribution in [1.82, 2.24) is 9.88 Å². The number of amides is 1. The second kappa shape index (κ2) is 7.02. The number of aromatic nitrogens is 1. The van der Waals surface area contributed by atoms with Gasteiger partial charge in [-0.05, 0) is 49.2 Å². The van der Waals surface area contributed by atoms with E-state index in [0.29, 0.717) is 10.8 Å². The number of carbonyl (C=O) groups is 1. The van der Waals surface area contributed by atoms with Crippen LogP contribution in [0.1, 0.15) is 23.9 Å². The molecule has 1 fully saturated rings. The zero-order chi connectivity index (χ0) is 17.2. The van der Waals surface area contributed by atoms with E-state index in [4.69, 9.17) is 21.3 Å². The fourth-order valence-corrected chi connectivity index (χ4v) is 4.35. The minimum Gasteiger partial charge on any atom is -0.484 e. The van der Waals surface area contributed by atoms with Gasteiger partial charge in [-0.3, -0.25) is 4.79 Å². The lowest BCUT2D eigenvalue weighted by Gasteiger charge is -2.23. The van der Waals surface area contributed by atoms with Gasteiger partial charge in [0.1, 0.15) is 10.8 Å². The molecule has 0 spiro atoms. The minimum absolute atomic E-state index is 0.00305. The van der Waals surface area contributed by atoms with Crippen LogP contribution in [-0.2, 0) is 4.79 Å². The van der Waals surface area contributed by atoms with Gasteiger partial charge in [-0.25, -0.2) is 4.98 Å². The van der Waals surface area contributed by atoms with Crippen LogP contribution in [-0.4, -0.2) is 28.9 Å². The summed E-state index contributed by atoms with van der Waals surface area (Å²) in [6.07, 6.45) is 1.94. The average molecular weight is 373 g/mol. The number of halogens is 1. The van der Waals surface area contributed by atoms with E-state index in [0.717, 1.165) is 34.6 Å². The number of benzene rings is 2. The molecule has 4 nitrogen and oxygen atoms in total. The Labute approximate surface area is 155 Å². The molecule has 6 heteroatoms. The van der Waals surface area contributed by atoms with Gasteiger partial charge in [0.05, 0.1) is 16.3 Å². The SMILES string of the molecule is O=C(COc1ccc(Cl)cc1)N1CCC[C@@H]1c1nc2ccccc2s1. The fraction of sp³-hybridized carbons (Fsp3) is 0.263. The summed E-state index contributed by atoms with van der Waals surface area (Å²) < 4.78 is 6.77. The molecule has 0 aliphatic carbocycles. The van der Waals surface area contributed by atoms with Crippen LogP contribution in [0.3, 0.4) is 0 Å². The van der Waals surface area contributed by atoms with Gasteiger partial charge < -0.3 is 9.64 Å². The van der Waals surface area contributed by atoms with Crippen molar-refractivity contribution in [1.29, 1.82) is 0 Å². The molecular formula is C19H17ClN2O2S. The lowest BCUT2D eigenvalue weighted by atomic mass is 10.2. The minimum atomic E-state index is -0.00305.